The van der Waals surface area contributed by atoms with E-state index >= 15 is 0 Å². The van der Waals surface area contributed by atoms with Crippen LogP contribution < -0.4 is 4.74 Å². The van der Waals surface area contributed by atoms with Crippen LogP contribution in [0.1, 0.15) is 12.0 Å². The molecule has 0 aliphatic carbocycles. The molecule has 3 nitrogen and oxygen atoms in total. The maximum Gasteiger partial charge on any atom is 0.293 e. The van der Waals surface area contributed by atoms with Crippen LogP contribution in [-0.4, -0.2) is 19.2 Å². The molecule has 1 aromatic carbocycles. The van der Waals surface area contributed by atoms with Gasteiger partial charge in [0.2, 0.25) is 0 Å². The van der Waals surface area contributed by atoms with Gasteiger partial charge >= 0.3 is 0 Å². The third-order valence-corrected chi connectivity index (χ3v) is 2.28. The zero-order chi connectivity index (χ0) is 10.5. The lowest BCUT2D eigenvalue weighted by atomic mass is 10.1. The SMILES string of the molecule is O=COCCC1C=Cc2ccccc2O1. The molecular weight excluding hydrogens is 192 g/mol. The Morgan fingerprint density at radius 2 is 2.27 bits per heavy atom. The number of fused-ring (bicyclic) bond motifs is 1. The van der Waals surface area contributed by atoms with Crippen molar-refractivity contribution in [2.75, 3.05) is 6.61 Å². The van der Waals surface area contributed by atoms with Crippen LogP contribution in [0.3, 0.4) is 0 Å². The lowest BCUT2D eigenvalue weighted by Gasteiger charge is -2.20. The van der Waals surface area contributed by atoms with E-state index in [4.69, 9.17) is 4.74 Å². The molecule has 1 unspecified atom stereocenters. The van der Waals surface area contributed by atoms with Gasteiger partial charge in [-0.3, -0.25) is 4.79 Å². The van der Waals surface area contributed by atoms with E-state index in [1.165, 1.54) is 0 Å². The predicted molar refractivity (Wildman–Crippen MR) is 56.5 cm³/mol. The first-order valence-corrected chi connectivity index (χ1v) is 4.89. The largest absolute Gasteiger partial charge is 0.486 e. The van der Waals surface area contributed by atoms with Gasteiger partial charge < -0.3 is 9.47 Å². The summed E-state index contributed by atoms with van der Waals surface area (Å²) in [5, 5.41) is 0. The standard InChI is InChI=1S/C12H12O3/c13-9-14-8-7-11-6-5-10-3-1-2-4-12(10)15-11/h1-6,9,11H,7-8H2. The molecule has 0 radical (unpaired) electrons. The number of hydrogen-bond donors (Lipinski definition) is 0. The third kappa shape index (κ3) is 2.37. The number of carbonyl (C=O) groups is 1. The van der Waals surface area contributed by atoms with Crippen LogP contribution in [0, 0.1) is 0 Å². The molecule has 1 aromatic rings. The van der Waals surface area contributed by atoms with Crippen molar-refractivity contribution in [1.29, 1.82) is 0 Å². The first-order valence-electron chi connectivity index (χ1n) is 4.89. The normalized spacial score (nSPS) is 17.7. The summed E-state index contributed by atoms with van der Waals surface area (Å²) in [7, 11) is 0. The molecule has 0 saturated carbocycles. The Kier molecular flexibility index (Phi) is 3.02. The van der Waals surface area contributed by atoms with Gasteiger partial charge in [-0.25, -0.2) is 0 Å². The highest BCUT2D eigenvalue weighted by Crippen LogP contribution is 2.26. The van der Waals surface area contributed by atoms with Crippen molar-refractivity contribution in [3.05, 3.63) is 35.9 Å². The Hall–Kier alpha value is -1.77. The lowest BCUT2D eigenvalue weighted by Crippen LogP contribution is -2.18. The first-order chi connectivity index (χ1) is 7.40. The summed E-state index contributed by atoms with van der Waals surface area (Å²) >= 11 is 0. The molecule has 15 heavy (non-hydrogen) atoms. The molecule has 0 bridgehead atoms. The van der Waals surface area contributed by atoms with E-state index in [1.807, 2.05) is 36.4 Å². The lowest BCUT2D eigenvalue weighted by molar-refractivity contribution is -0.129. The van der Waals surface area contributed by atoms with Crippen LogP contribution in [0.2, 0.25) is 0 Å². The number of carbonyl (C=O) groups excluding carboxylic acids is 1. The molecule has 78 valence electrons. The van der Waals surface area contributed by atoms with Crippen LogP contribution in [0.5, 0.6) is 5.75 Å². The monoisotopic (exact) mass is 204 g/mol. The van der Waals surface area contributed by atoms with Crippen molar-refractivity contribution in [2.45, 2.75) is 12.5 Å². The number of benzene rings is 1. The smallest absolute Gasteiger partial charge is 0.293 e. The van der Waals surface area contributed by atoms with Crippen LogP contribution >= 0.6 is 0 Å². The summed E-state index contributed by atoms with van der Waals surface area (Å²) in [5.41, 5.74) is 1.09. The second-order valence-electron chi connectivity index (χ2n) is 3.31. The molecule has 0 saturated heterocycles. The van der Waals surface area contributed by atoms with E-state index in [0.717, 1.165) is 11.3 Å². The van der Waals surface area contributed by atoms with Crippen molar-refractivity contribution >= 4 is 12.5 Å². The van der Waals surface area contributed by atoms with Crippen LogP contribution in [0.25, 0.3) is 6.08 Å². The summed E-state index contributed by atoms with van der Waals surface area (Å²) in [6.45, 7) is 0.848. The number of rotatable bonds is 4. The van der Waals surface area contributed by atoms with Crippen molar-refractivity contribution in [1.82, 2.24) is 0 Å². The summed E-state index contributed by atoms with van der Waals surface area (Å²) in [5.74, 6) is 0.885. The van der Waals surface area contributed by atoms with Crippen molar-refractivity contribution in [3.63, 3.8) is 0 Å². The van der Waals surface area contributed by atoms with Gasteiger partial charge in [0.15, 0.2) is 0 Å². The van der Waals surface area contributed by atoms with Gasteiger partial charge in [-0.1, -0.05) is 24.3 Å². The van der Waals surface area contributed by atoms with E-state index < -0.39 is 0 Å². The van der Waals surface area contributed by atoms with Crippen LogP contribution in [-0.2, 0) is 9.53 Å². The van der Waals surface area contributed by atoms with Gasteiger partial charge in [-0.15, -0.1) is 0 Å². The highest BCUT2D eigenvalue weighted by molar-refractivity contribution is 5.59. The molecular formula is C12H12O3. The summed E-state index contributed by atoms with van der Waals surface area (Å²) in [4.78, 5) is 9.96. The summed E-state index contributed by atoms with van der Waals surface area (Å²) in [6.07, 6.45) is 4.70. The predicted octanol–water partition coefficient (Wildman–Crippen LogP) is 2.02. The molecule has 0 spiro atoms. The molecule has 0 amide bonds. The quantitative estimate of drug-likeness (QED) is 0.556. The van der Waals surface area contributed by atoms with Crippen molar-refractivity contribution in [3.8, 4) is 5.75 Å². The highest BCUT2D eigenvalue weighted by Gasteiger charge is 2.13. The van der Waals surface area contributed by atoms with Crippen LogP contribution in [0.4, 0.5) is 0 Å². The Balaban J connectivity index is 1.97. The van der Waals surface area contributed by atoms with Gasteiger partial charge in [0.05, 0.1) is 6.61 Å². The minimum atomic E-state index is -0.000139. The first kappa shape index (κ1) is 9.77. The fraction of sp³-hybridized carbons (Fsp3) is 0.250. The zero-order valence-corrected chi connectivity index (χ0v) is 8.26. The molecule has 2 rings (SSSR count). The fourth-order valence-electron chi connectivity index (χ4n) is 1.53. The number of para-hydroxylation sites is 1. The van der Waals surface area contributed by atoms with E-state index in [1.54, 1.807) is 0 Å². The van der Waals surface area contributed by atoms with Gasteiger partial charge in [-0.05, 0) is 12.1 Å². The second kappa shape index (κ2) is 4.64. The summed E-state index contributed by atoms with van der Waals surface area (Å²) in [6, 6.07) is 7.86. The van der Waals surface area contributed by atoms with E-state index in [-0.39, 0.29) is 6.10 Å². The number of ether oxygens (including phenoxy) is 2. The molecule has 3 heteroatoms. The Morgan fingerprint density at radius 3 is 3.13 bits per heavy atom. The summed E-state index contributed by atoms with van der Waals surface area (Å²) < 4.78 is 10.3. The molecule has 1 aliphatic heterocycles. The molecule has 0 fully saturated rings. The average molecular weight is 204 g/mol. The maximum absolute atomic E-state index is 9.96. The number of hydrogen-bond acceptors (Lipinski definition) is 3. The topological polar surface area (TPSA) is 35.5 Å². The Labute approximate surface area is 88.3 Å². The molecule has 1 aliphatic rings. The minimum absolute atomic E-state index is 0.000139. The zero-order valence-electron chi connectivity index (χ0n) is 8.26. The Morgan fingerprint density at radius 1 is 1.40 bits per heavy atom. The highest BCUT2D eigenvalue weighted by atomic mass is 16.5. The fourth-order valence-corrected chi connectivity index (χ4v) is 1.53. The van der Waals surface area contributed by atoms with Gasteiger partial charge in [0, 0.05) is 12.0 Å². The molecule has 1 heterocycles. The van der Waals surface area contributed by atoms with Crippen molar-refractivity contribution < 1.29 is 14.3 Å². The van der Waals surface area contributed by atoms with E-state index in [0.29, 0.717) is 19.5 Å². The van der Waals surface area contributed by atoms with Gasteiger partial charge in [0.25, 0.3) is 6.47 Å². The average Bonchev–Trinajstić information content (AvgIpc) is 2.29. The Bertz CT molecular complexity index is 371. The van der Waals surface area contributed by atoms with E-state index in [9.17, 15) is 4.79 Å². The third-order valence-electron chi connectivity index (χ3n) is 2.28. The van der Waals surface area contributed by atoms with Crippen molar-refractivity contribution in [2.24, 2.45) is 0 Å². The molecule has 0 aromatic heterocycles. The molecule has 0 N–H and O–H groups in total. The van der Waals surface area contributed by atoms with Crippen LogP contribution in [0.15, 0.2) is 30.3 Å². The van der Waals surface area contributed by atoms with Gasteiger partial charge in [-0.2, -0.15) is 0 Å². The van der Waals surface area contributed by atoms with E-state index in [2.05, 4.69) is 4.74 Å². The molecule has 1 atom stereocenters. The second-order valence-corrected chi connectivity index (χ2v) is 3.31. The maximum atomic E-state index is 9.96. The minimum Gasteiger partial charge on any atom is -0.486 e. The van der Waals surface area contributed by atoms with Gasteiger partial charge in [0.1, 0.15) is 11.9 Å².